The number of nitrogens with two attached hydrogens (primary N) is 1. The van der Waals surface area contributed by atoms with Gasteiger partial charge in [0.05, 0.1) is 64.1 Å². The van der Waals surface area contributed by atoms with Gasteiger partial charge < -0.3 is 45.0 Å². The van der Waals surface area contributed by atoms with Crippen LogP contribution in [0.25, 0.3) is 21.8 Å². The van der Waals surface area contributed by atoms with Gasteiger partial charge in [-0.1, -0.05) is 23.2 Å². The third-order valence-corrected chi connectivity index (χ3v) is 9.68. The number of hydrogen-bond donors (Lipinski definition) is 3. The number of aromatic nitrogens is 4. The van der Waals surface area contributed by atoms with E-state index in [0.29, 0.717) is 79.4 Å². The smallest absolute Gasteiger partial charge is 0.323 e. The van der Waals surface area contributed by atoms with Crippen molar-refractivity contribution in [3.63, 3.8) is 0 Å². The number of methoxy groups -OCH3 is 2. The van der Waals surface area contributed by atoms with Gasteiger partial charge in [-0.2, -0.15) is 0 Å². The van der Waals surface area contributed by atoms with Gasteiger partial charge in [0.25, 0.3) is 0 Å². The molecule has 0 spiro atoms. The van der Waals surface area contributed by atoms with Crippen molar-refractivity contribution < 1.29 is 28.5 Å². The minimum Gasteiger partial charge on any atom is -0.494 e. The predicted octanol–water partition coefficient (Wildman–Crippen LogP) is 10.3. The number of hydrogen-bond acceptors (Lipinski definition) is 12. The van der Waals surface area contributed by atoms with E-state index < -0.39 is 6.03 Å². The Kier molecular flexibility index (Phi) is 14.3. The summed E-state index contributed by atoms with van der Waals surface area (Å²) in [5, 5.41) is 7.78. The van der Waals surface area contributed by atoms with E-state index in [1.807, 2.05) is 45.3 Å². The van der Waals surface area contributed by atoms with Crippen LogP contribution in [0.15, 0.2) is 97.6 Å². The summed E-state index contributed by atoms with van der Waals surface area (Å²) < 4.78 is 28.3. The summed E-state index contributed by atoms with van der Waals surface area (Å²) in [7, 11) is 7.16. The number of aryl methyl sites for hydroxylation is 2. The molecule has 0 unspecified atom stereocenters. The molecule has 5 aromatic carbocycles. The summed E-state index contributed by atoms with van der Waals surface area (Å²) in [6.45, 7) is 5.68. The van der Waals surface area contributed by atoms with E-state index >= 15 is 0 Å². The Balaban J connectivity index is 0.000000240. The topological polar surface area (TPSA) is 168 Å². The van der Waals surface area contributed by atoms with Crippen molar-refractivity contribution in [2.45, 2.75) is 20.3 Å². The van der Waals surface area contributed by atoms with Crippen molar-refractivity contribution in [1.29, 1.82) is 0 Å². The number of nitrogens with zero attached hydrogens (tertiary/aromatic N) is 5. The predicted molar refractivity (Wildman–Crippen MR) is 237 cm³/mol. The van der Waals surface area contributed by atoms with Gasteiger partial charge in [0.1, 0.15) is 29.9 Å². The van der Waals surface area contributed by atoms with Gasteiger partial charge in [0.2, 0.25) is 11.8 Å². The number of amides is 2. The zero-order chi connectivity index (χ0) is 42.8. The average Bonchev–Trinajstić information content (AvgIpc) is 3.23. The SMILES string of the molecule is COc1cc2ncnc(Oc3ccc(NC(=O)Nc4ccc(OCCCN(C)C)cc4)c(Cl)c3)c2cc1OC.Cc1cc2ncnc(Oc3ccc(N)c(Cl)c3)c2cc1C. The molecule has 0 saturated heterocycles. The maximum absolute atomic E-state index is 12.5. The summed E-state index contributed by atoms with van der Waals surface area (Å²) in [6.07, 6.45) is 3.82. The molecule has 0 saturated carbocycles. The zero-order valence-corrected chi connectivity index (χ0v) is 35.4. The van der Waals surface area contributed by atoms with E-state index in [-0.39, 0.29) is 0 Å². The molecule has 2 aromatic heterocycles. The van der Waals surface area contributed by atoms with Gasteiger partial charge in [0.15, 0.2) is 11.5 Å². The minimum atomic E-state index is -0.437. The van der Waals surface area contributed by atoms with Crippen molar-refractivity contribution in [3.8, 4) is 40.5 Å². The lowest BCUT2D eigenvalue weighted by Gasteiger charge is -2.13. The summed E-state index contributed by atoms with van der Waals surface area (Å²) in [5.41, 5.74) is 11.1. The molecule has 0 radical (unpaired) electrons. The Morgan fingerprint density at radius 3 is 1.87 bits per heavy atom. The first-order valence-corrected chi connectivity index (χ1v) is 19.4. The largest absolute Gasteiger partial charge is 0.494 e. The van der Waals surface area contributed by atoms with Crippen LogP contribution in [0.3, 0.4) is 0 Å². The lowest BCUT2D eigenvalue weighted by Crippen LogP contribution is -2.19. The highest BCUT2D eigenvalue weighted by Crippen LogP contribution is 2.37. The normalized spacial score (nSPS) is 10.8. The zero-order valence-electron chi connectivity index (χ0n) is 33.9. The van der Waals surface area contributed by atoms with Crippen LogP contribution in [0.4, 0.5) is 21.9 Å². The monoisotopic (exact) mass is 850 g/mol. The maximum Gasteiger partial charge on any atom is 0.323 e. The molecule has 2 heterocycles. The van der Waals surface area contributed by atoms with Gasteiger partial charge in [0, 0.05) is 30.4 Å². The molecule has 0 fully saturated rings. The quantitative estimate of drug-likeness (QED) is 0.0743. The molecule has 0 aliphatic heterocycles. The van der Waals surface area contributed by atoms with E-state index in [1.54, 1.807) is 74.9 Å². The molecule has 2 amide bonds. The Morgan fingerprint density at radius 2 is 1.25 bits per heavy atom. The number of halogens is 2. The van der Waals surface area contributed by atoms with Crippen LogP contribution in [0, 0.1) is 13.8 Å². The molecule has 310 valence electrons. The second-order valence-corrected chi connectivity index (χ2v) is 14.5. The van der Waals surface area contributed by atoms with Gasteiger partial charge in [-0.3, -0.25) is 0 Å². The third kappa shape index (κ3) is 11.1. The van der Waals surface area contributed by atoms with E-state index in [9.17, 15) is 4.79 Å². The van der Waals surface area contributed by atoms with Gasteiger partial charge >= 0.3 is 6.03 Å². The van der Waals surface area contributed by atoms with Crippen LogP contribution in [-0.4, -0.2) is 72.3 Å². The molecular weight excluding hydrogens is 807 g/mol. The number of rotatable bonds is 13. The van der Waals surface area contributed by atoms with Crippen molar-refractivity contribution in [3.05, 3.63) is 119 Å². The van der Waals surface area contributed by atoms with Gasteiger partial charge in [-0.15, -0.1) is 0 Å². The highest BCUT2D eigenvalue weighted by molar-refractivity contribution is 6.34. The Bertz CT molecular complexity index is 2610. The van der Waals surface area contributed by atoms with Crippen LogP contribution in [0.5, 0.6) is 40.5 Å². The number of fused-ring (bicyclic) bond motifs is 2. The Morgan fingerprint density at radius 1 is 0.683 bits per heavy atom. The standard InChI is InChI=1S/C28H30ClN5O5.C16H14ClN3O/c1-34(2)12-5-13-38-19-8-6-18(7-9-19)32-28(35)33-23-11-10-20(14-22(23)29)39-27-21-15-25(36-3)26(37-4)16-24(21)30-17-31-27;1-9-5-12-15(6-10(9)2)19-8-20-16(12)21-11-3-4-14(18)13(17)7-11/h6-11,14-17H,5,12-13H2,1-4H3,(H2,32,33,35);3-8H,18H2,1-2H3. The third-order valence-electron chi connectivity index (χ3n) is 9.04. The van der Waals surface area contributed by atoms with E-state index in [1.165, 1.54) is 18.2 Å². The van der Waals surface area contributed by atoms with Crippen molar-refractivity contribution in [1.82, 2.24) is 24.8 Å². The van der Waals surface area contributed by atoms with Crippen molar-refractivity contribution >= 4 is 68.1 Å². The molecular formula is C44H44Cl2N8O6. The van der Waals surface area contributed by atoms with Gasteiger partial charge in [-0.05, 0) is 112 Å². The molecule has 7 aromatic rings. The molecule has 0 bridgehead atoms. The average molecular weight is 852 g/mol. The fourth-order valence-electron chi connectivity index (χ4n) is 5.76. The first-order chi connectivity index (χ1) is 28.9. The summed E-state index contributed by atoms with van der Waals surface area (Å²) >= 11 is 12.4. The summed E-state index contributed by atoms with van der Waals surface area (Å²) in [4.78, 5) is 31.7. The molecule has 14 nitrogen and oxygen atoms in total. The molecule has 7 rings (SSSR count). The number of carbonyl (C=O) groups excluding carboxylic acids is 1. The second-order valence-electron chi connectivity index (χ2n) is 13.7. The number of urea groups is 1. The molecule has 0 aliphatic rings. The number of carbonyl (C=O) groups is 1. The van der Waals surface area contributed by atoms with Crippen LogP contribution in [0.1, 0.15) is 17.5 Å². The minimum absolute atomic E-state index is 0.293. The lowest BCUT2D eigenvalue weighted by atomic mass is 10.1. The van der Waals surface area contributed by atoms with Crippen LogP contribution >= 0.6 is 23.2 Å². The summed E-state index contributed by atoms with van der Waals surface area (Å²) in [5.74, 6) is 3.66. The first kappa shape index (κ1) is 43.0. The number of anilines is 3. The lowest BCUT2D eigenvalue weighted by molar-refractivity contribution is 0.262. The number of ether oxygens (including phenoxy) is 5. The second kappa shape index (κ2) is 19.9. The molecule has 60 heavy (non-hydrogen) atoms. The Hall–Kier alpha value is -6.61. The first-order valence-electron chi connectivity index (χ1n) is 18.6. The van der Waals surface area contributed by atoms with E-state index in [0.717, 1.165) is 35.2 Å². The fraction of sp³-hybridized carbons (Fsp3) is 0.205. The highest BCUT2D eigenvalue weighted by Gasteiger charge is 2.15. The van der Waals surface area contributed by atoms with Crippen molar-refractivity contribution in [2.24, 2.45) is 0 Å². The number of nitrogen functional groups attached to an aromatic ring is 1. The molecule has 4 N–H and O–H groups in total. The highest BCUT2D eigenvalue weighted by atomic mass is 35.5. The molecule has 0 atom stereocenters. The number of benzene rings is 5. The fourth-order valence-corrected chi connectivity index (χ4v) is 6.15. The van der Waals surface area contributed by atoms with Crippen LogP contribution in [-0.2, 0) is 0 Å². The van der Waals surface area contributed by atoms with Gasteiger partial charge in [-0.25, -0.2) is 24.7 Å². The molecule has 0 aliphatic carbocycles. The van der Waals surface area contributed by atoms with E-state index in [4.69, 9.17) is 52.6 Å². The molecule has 16 heteroatoms. The number of nitrogens with one attached hydrogen (secondary N) is 2. The maximum atomic E-state index is 12.5. The van der Waals surface area contributed by atoms with Crippen LogP contribution < -0.4 is 40.1 Å². The summed E-state index contributed by atoms with van der Waals surface area (Å²) in [6, 6.07) is 24.3. The van der Waals surface area contributed by atoms with E-state index in [2.05, 4.69) is 42.4 Å². The van der Waals surface area contributed by atoms with Crippen LogP contribution in [0.2, 0.25) is 10.0 Å². The van der Waals surface area contributed by atoms with Crippen molar-refractivity contribution in [2.75, 3.05) is 57.8 Å². The Labute approximate surface area is 357 Å².